The van der Waals surface area contributed by atoms with Gasteiger partial charge >= 0.3 is 0 Å². The number of carbonyl (C=O) groups is 1. The molecular formula is C12H15IN2O3S. The van der Waals surface area contributed by atoms with E-state index in [9.17, 15) is 13.2 Å². The second-order valence-electron chi connectivity index (χ2n) is 4.36. The predicted molar refractivity (Wildman–Crippen MR) is 80.2 cm³/mol. The van der Waals surface area contributed by atoms with E-state index in [0.717, 1.165) is 3.57 Å². The molecule has 1 saturated heterocycles. The monoisotopic (exact) mass is 394 g/mol. The Kier molecular flexibility index (Phi) is 4.46. The zero-order chi connectivity index (χ0) is 14.0. The second-order valence-corrected chi connectivity index (χ2v) is 7.55. The lowest BCUT2D eigenvalue weighted by molar-refractivity contribution is -0.129. The topological polar surface area (TPSA) is 57.7 Å². The molecular weight excluding hydrogens is 379 g/mol. The Morgan fingerprint density at radius 1 is 1.11 bits per heavy atom. The second kappa shape index (κ2) is 5.76. The van der Waals surface area contributed by atoms with E-state index >= 15 is 0 Å². The highest BCUT2D eigenvalue weighted by Crippen LogP contribution is 2.18. The minimum absolute atomic E-state index is 0.00804. The maximum absolute atomic E-state index is 12.4. The van der Waals surface area contributed by atoms with Crippen molar-refractivity contribution in [3.63, 3.8) is 0 Å². The molecule has 0 N–H and O–H groups in total. The summed E-state index contributed by atoms with van der Waals surface area (Å²) in [5.74, 6) is -0.00804. The van der Waals surface area contributed by atoms with Gasteiger partial charge in [0.25, 0.3) is 0 Å². The normalized spacial score (nSPS) is 17.5. The number of carbonyl (C=O) groups excluding carboxylic acids is 1. The molecule has 0 aromatic heterocycles. The highest BCUT2D eigenvalue weighted by molar-refractivity contribution is 14.1. The maximum Gasteiger partial charge on any atom is 0.243 e. The molecule has 1 aliphatic heterocycles. The molecule has 0 spiro atoms. The third-order valence-corrected chi connectivity index (χ3v) is 5.77. The highest BCUT2D eigenvalue weighted by Gasteiger charge is 2.28. The Morgan fingerprint density at radius 2 is 1.63 bits per heavy atom. The van der Waals surface area contributed by atoms with Gasteiger partial charge in [-0.3, -0.25) is 4.79 Å². The van der Waals surface area contributed by atoms with Crippen LogP contribution in [0.5, 0.6) is 0 Å². The van der Waals surface area contributed by atoms with Crippen LogP contribution < -0.4 is 0 Å². The smallest absolute Gasteiger partial charge is 0.243 e. The molecule has 0 saturated carbocycles. The Morgan fingerprint density at radius 3 is 2.11 bits per heavy atom. The van der Waals surface area contributed by atoms with E-state index in [0.29, 0.717) is 31.1 Å². The molecule has 0 atom stereocenters. The molecule has 1 aromatic carbocycles. The Labute approximate surface area is 126 Å². The van der Waals surface area contributed by atoms with Gasteiger partial charge < -0.3 is 4.90 Å². The maximum atomic E-state index is 12.4. The number of halogens is 1. The van der Waals surface area contributed by atoms with Crippen LogP contribution in [-0.4, -0.2) is 49.7 Å². The fourth-order valence-corrected chi connectivity index (χ4v) is 3.78. The van der Waals surface area contributed by atoms with E-state index in [4.69, 9.17) is 0 Å². The first-order valence-corrected chi connectivity index (χ1v) is 8.44. The summed E-state index contributed by atoms with van der Waals surface area (Å²) >= 11 is 2.14. The standard InChI is InChI=1S/C12H15IN2O3S/c1-10(16)14-6-8-15(9-7-14)19(17,18)12-4-2-11(13)3-5-12/h2-5H,6-9H2,1H3. The highest BCUT2D eigenvalue weighted by atomic mass is 127. The first-order chi connectivity index (χ1) is 8.91. The first kappa shape index (κ1) is 14.7. The lowest BCUT2D eigenvalue weighted by atomic mass is 10.3. The third-order valence-electron chi connectivity index (χ3n) is 3.14. The van der Waals surface area contributed by atoms with Gasteiger partial charge in [-0.15, -0.1) is 0 Å². The summed E-state index contributed by atoms with van der Waals surface area (Å²) in [6.07, 6.45) is 0. The van der Waals surface area contributed by atoms with Crippen molar-refractivity contribution in [3.05, 3.63) is 27.8 Å². The summed E-state index contributed by atoms with van der Waals surface area (Å²) in [5.41, 5.74) is 0. The number of benzene rings is 1. The molecule has 104 valence electrons. The molecule has 5 nitrogen and oxygen atoms in total. The van der Waals surface area contributed by atoms with E-state index in [-0.39, 0.29) is 5.91 Å². The summed E-state index contributed by atoms with van der Waals surface area (Å²) in [7, 11) is -3.44. The van der Waals surface area contributed by atoms with E-state index in [1.165, 1.54) is 11.2 Å². The Balaban J connectivity index is 2.14. The van der Waals surface area contributed by atoms with Crippen molar-refractivity contribution in [1.82, 2.24) is 9.21 Å². The van der Waals surface area contributed by atoms with Crippen molar-refractivity contribution >= 4 is 38.5 Å². The average Bonchev–Trinajstić information content (AvgIpc) is 2.39. The van der Waals surface area contributed by atoms with Crippen LogP contribution >= 0.6 is 22.6 Å². The van der Waals surface area contributed by atoms with Crippen molar-refractivity contribution in [2.75, 3.05) is 26.2 Å². The van der Waals surface area contributed by atoms with Gasteiger partial charge in [0.1, 0.15) is 0 Å². The van der Waals surface area contributed by atoms with Crippen molar-refractivity contribution in [3.8, 4) is 0 Å². The van der Waals surface area contributed by atoms with E-state index in [1.807, 2.05) is 0 Å². The summed E-state index contributed by atoms with van der Waals surface area (Å²) in [6, 6.07) is 6.79. The van der Waals surface area contributed by atoms with Gasteiger partial charge in [0.15, 0.2) is 0 Å². The lowest BCUT2D eigenvalue weighted by Crippen LogP contribution is -2.49. The fourth-order valence-electron chi connectivity index (χ4n) is 2.00. The van der Waals surface area contributed by atoms with Crippen LogP contribution in [0.3, 0.4) is 0 Å². The van der Waals surface area contributed by atoms with Gasteiger partial charge in [-0.25, -0.2) is 8.42 Å². The minimum atomic E-state index is -3.44. The van der Waals surface area contributed by atoms with Crippen LogP contribution in [-0.2, 0) is 14.8 Å². The van der Waals surface area contributed by atoms with Gasteiger partial charge in [-0.2, -0.15) is 4.31 Å². The fraction of sp³-hybridized carbons (Fsp3) is 0.417. The van der Waals surface area contributed by atoms with Gasteiger partial charge in [0, 0.05) is 36.7 Å². The Hall–Kier alpha value is -0.670. The Bertz CT molecular complexity index is 563. The van der Waals surface area contributed by atoms with Gasteiger partial charge in [0.05, 0.1) is 4.90 Å². The minimum Gasteiger partial charge on any atom is -0.340 e. The molecule has 0 unspecified atom stereocenters. The number of hydrogen-bond acceptors (Lipinski definition) is 3. The van der Waals surface area contributed by atoms with Crippen LogP contribution in [0.1, 0.15) is 6.92 Å². The SMILES string of the molecule is CC(=O)N1CCN(S(=O)(=O)c2ccc(I)cc2)CC1. The molecule has 2 rings (SSSR count). The number of rotatable bonds is 2. The molecule has 1 aromatic rings. The molecule has 7 heteroatoms. The summed E-state index contributed by atoms with van der Waals surface area (Å²) in [5, 5.41) is 0. The van der Waals surface area contributed by atoms with Crippen molar-refractivity contribution in [2.45, 2.75) is 11.8 Å². The van der Waals surface area contributed by atoms with Crippen LogP contribution in [0, 0.1) is 3.57 Å². The first-order valence-electron chi connectivity index (χ1n) is 5.92. The largest absolute Gasteiger partial charge is 0.340 e. The van der Waals surface area contributed by atoms with Crippen molar-refractivity contribution < 1.29 is 13.2 Å². The van der Waals surface area contributed by atoms with Gasteiger partial charge in [-0.1, -0.05) is 0 Å². The number of piperazine rings is 1. The van der Waals surface area contributed by atoms with Crippen LogP contribution in [0.15, 0.2) is 29.2 Å². The summed E-state index contributed by atoms with van der Waals surface area (Å²) in [4.78, 5) is 13.2. The quantitative estimate of drug-likeness (QED) is 0.708. The summed E-state index contributed by atoms with van der Waals surface area (Å²) in [6.45, 7) is 3.13. The van der Waals surface area contributed by atoms with Crippen molar-refractivity contribution in [1.29, 1.82) is 0 Å². The molecule has 1 heterocycles. The number of hydrogen-bond donors (Lipinski definition) is 0. The molecule has 1 amide bonds. The molecule has 1 aliphatic rings. The number of sulfonamides is 1. The third kappa shape index (κ3) is 3.26. The summed E-state index contributed by atoms with van der Waals surface area (Å²) < 4.78 is 27.2. The van der Waals surface area contributed by atoms with Crippen LogP contribution in [0.2, 0.25) is 0 Å². The molecule has 0 radical (unpaired) electrons. The number of nitrogens with zero attached hydrogens (tertiary/aromatic N) is 2. The van der Waals surface area contributed by atoms with E-state index in [2.05, 4.69) is 22.6 Å². The van der Waals surface area contributed by atoms with Gasteiger partial charge in [0.2, 0.25) is 15.9 Å². The lowest BCUT2D eigenvalue weighted by Gasteiger charge is -2.33. The molecule has 1 fully saturated rings. The van der Waals surface area contributed by atoms with Crippen LogP contribution in [0.4, 0.5) is 0 Å². The van der Waals surface area contributed by atoms with E-state index < -0.39 is 10.0 Å². The molecule has 19 heavy (non-hydrogen) atoms. The van der Waals surface area contributed by atoms with Crippen LogP contribution in [0.25, 0.3) is 0 Å². The molecule has 0 aliphatic carbocycles. The van der Waals surface area contributed by atoms with E-state index in [1.54, 1.807) is 29.2 Å². The van der Waals surface area contributed by atoms with Crippen molar-refractivity contribution in [2.24, 2.45) is 0 Å². The molecule has 0 bridgehead atoms. The zero-order valence-electron chi connectivity index (χ0n) is 10.5. The van der Waals surface area contributed by atoms with Gasteiger partial charge in [-0.05, 0) is 46.9 Å². The zero-order valence-corrected chi connectivity index (χ0v) is 13.5. The average molecular weight is 394 g/mol. The predicted octanol–water partition coefficient (Wildman–Crippen LogP) is 1.14. The number of amides is 1.